The average Bonchev–Trinajstić information content (AvgIpc) is 3.02. The lowest BCUT2D eigenvalue weighted by Crippen LogP contribution is -2.29. The lowest BCUT2D eigenvalue weighted by atomic mass is 9.87. The molecule has 26 heavy (non-hydrogen) atoms. The van der Waals surface area contributed by atoms with Gasteiger partial charge in [-0.25, -0.2) is 9.97 Å². The van der Waals surface area contributed by atoms with Gasteiger partial charge in [-0.3, -0.25) is 9.48 Å². The molecule has 0 aromatic carbocycles. The third-order valence-electron chi connectivity index (χ3n) is 4.89. The summed E-state index contributed by atoms with van der Waals surface area (Å²) in [5, 5.41) is 22.9. The molecule has 2 aromatic rings. The van der Waals surface area contributed by atoms with Gasteiger partial charge in [0.25, 0.3) is 0 Å². The van der Waals surface area contributed by atoms with E-state index in [2.05, 4.69) is 15.1 Å². The van der Waals surface area contributed by atoms with Crippen LogP contribution in [0.5, 0.6) is 5.75 Å². The normalized spacial score (nSPS) is 20.1. The average molecular weight is 360 g/mol. The molecule has 1 aliphatic carbocycles. The van der Waals surface area contributed by atoms with E-state index in [1.165, 1.54) is 0 Å². The van der Waals surface area contributed by atoms with E-state index in [9.17, 15) is 15.0 Å². The first-order chi connectivity index (χ1) is 12.5. The van der Waals surface area contributed by atoms with E-state index in [-0.39, 0.29) is 18.6 Å². The Hall–Kier alpha value is -2.48. The summed E-state index contributed by atoms with van der Waals surface area (Å²) in [5.41, 5.74) is 2.11. The summed E-state index contributed by atoms with van der Waals surface area (Å²) >= 11 is 0. The van der Waals surface area contributed by atoms with Gasteiger partial charge in [-0.05, 0) is 32.1 Å². The van der Waals surface area contributed by atoms with Gasteiger partial charge in [0.05, 0.1) is 48.0 Å². The molecular weight excluding hydrogens is 336 g/mol. The fourth-order valence-electron chi connectivity index (χ4n) is 3.38. The predicted octanol–water partition coefficient (Wildman–Crippen LogP) is 1.95. The Kier molecular flexibility index (Phi) is 5.51. The summed E-state index contributed by atoms with van der Waals surface area (Å²) in [6, 6.07) is 0. The Balaban J connectivity index is 1.82. The lowest BCUT2D eigenvalue weighted by Gasteiger charge is -2.27. The molecule has 0 radical (unpaired) electrons. The molecule has 2 heterocycles. The number of rotatable bonds is 6. The highest BCUT2D eigenvalue weighted by Gasteiger charge is 2.28. The van der Waals surface area contributed by atoms with Crippen LogP contribution in [0.2, 0.25) is 0 Å². The van der Waals surface area contributed by atoms with E-state index in [4.69, 9.17) is 4.74 Å². The highest BCUT2D eigenvalue weighted by molar-refractivity contribution is 5.70. The predicted molar refractivity (Wildman–Crippen MR) is 93.5 cm³/mol. The molecule has 0 spiro atoms. The molecule has 2 atom stereocenters. The molecule has 0 amide bonds. The van der Waals surface area contributed by atoms with Crippen LogP contribution in [0.15, 0.2) is 12.4 Å². The number of hydrogen-bond acceptors (Lipinski definition) is 6. The standard InChI is InChI=1S/C18H24N4O4/c1-3-14-16(26-12-6-4-5-11(7-12)18(24)25)9-19-17(21-14)13-8-20-22(2)15(13)10-23/h8-9,11-12,23H,3-7,10H2,1-2H3,(H,24,25)/t11-,12-/m0/s1. The molecule has 3 rings (SSSR count). The van der Waals surface area contributed by atoms with Crippen molar-refractivity contribution in [2.75, 3.05) is 0 Å². The zero-order chi connectivity index (χ0) is 18.7. The second-order valence-corrected chi connectivity index (χ2v) is 6.59. The highest BCUT2D eigenvalue weighted by atomic mass is 16.5. The van der Waals surface area contributed by atoms with Crippen molar-refractivity contribution in [1.29, 1.82) is 0 Å². The Bertz CT molecular complexity index is 789. The molecule has 1 fully saturated rings. The first kappa shape index (κ1) is 18.3. The molecule has 0 saturated heterocycles. The van der Waals surface area contributed by atoms with Crippen molar-refractivity contribution in [3.8, 4) is 17.1 Å². The summed E-state index contributed by atoms with van der Waals surface area (Å²) < 4.78 is 7.65. The summed E-state index contributed by atoms with van der Waals surface area (Å²) in [6.45, 7) is 1.84. The smallest absolute Gasteiger partial charge is 0.306 e. The highest BCUT2D eigenvalue weighted by Crippen LogP contribution is 2.30. The minimum atomic E-state index is -0.756. The van der Waals surface area contributed by atoms with Crippen LogP contribution in [0.3, 0.4) is 0 Å². The first-order valence-electron chi connectivity index (χ1n) is 8.91. The van der Waals surface area contributed by atoms with E-state index in [0.29, 0.717) is 42.1 Å². The van der Waals surface area contributed by atoms with Crippen LogP contribution in [0, 0.1) is 5.92 Å². The maximum atomic E-state index is 11.2. The number of nitrogens with zero attached hydrogens (tertiary/aromatic N) is 4. The Morgan fingerprint density at radius 2 is 2.19 bits per heavy atom. The van der Waals surface area contributed by atoms with Gasteiger partial charge >= 0.3 is 5.97 Å². The summed E-state index contributed by atoms with van der Waals surface area (Å²) in [5.74, 6) is -0.00428. The fraction of sp³-hybridized carbons (Fsp3) is 0.556. The van der Waals surface area contributed by atoms with E-state index >= 15 is 0 Å². The quantitative estimate of drug-likeness (QED) is 0.810. The largest absolute Gasteiger partial charge is 0.487 e. The molecule has 2 N–H and O–H groups in total. The van der Waals surface area contributed by atoms with Crippen molar-refractivity contribution < 1.29 is 19.7 Å². The fourth-order valence-corrected chi connectivity index (χ4v) is 3.38. The lowest BCUT2D eigenvalue weighted by molar-refractivity contribution is -0.143. The summed E-state index contributed by atoms with van der Waals surface area (Å²) in [6.07, 6.45) is 6.71. The van der Waals surface area contributed by atoms with Gasteiger partial charge in [0.1, 0.15) is 0 Å². The molecule has 1 aliphatic rings. The zero-order valence-corrected chi connectivity index (χ0v) is 15.1. The molecular formula is C18H24N4O4. The number of aliphatic hydroxyl groups excluding tert-OH is 1. The van der Waals surface area contributed by atoms with E-state index < -0.39 is 5.97 Å². The first-order valence-corrected chi connectivity index (χ1v) is 8.91. The number of aliphatic carboxylic acids is 1. The zero-order valence-electron chi connectivity index (χ0n) is 15.1. The van der Waals surface area contributed by atoms with Gasteiger partial charge in [0, 0.05) is 7.05 Å². The number of carboxylic acids is 1. The molecule has 8 nitrogen and oxygen atoms in total. The van der Waals surface area contributed by atoms with Crippen LogP contribution in [0.25, 0.3) is 11.4 Å². The molecule has 0 bridgehead atoms. The number of carbonyl (C=O) groups is 1. The van der Waals surface area contributed by atoms with E-state index in [1.54, 1.807) is 24.1 Å². The van der Waals surface area contributed by atoms with E-state index in [1.807, 2.05) is 6.92 Å². The maximum Gasteiger partial charge on any atom is 0.306 e. The van der Waals surface area contributed by atoms with Crippen molar-refractivity contribution in [2.45, 2.75) is 51.7 Å². The second-order valence-electron chi connectivity index (χ2n) is 6.59. The Morgan fingerprint density at radius 1 is 1.38 bits per heavy atom. The number of carboxylic acid groups (broad SMARTS) is 1. The monoisotopic (exact) mass is 360 g/mol. The Morgan fingerprint density at radius 3 is 2.88 bits per heavy atom. The second kappa shape index (κ2) is 7.82. The number of hydrogen-bond donors (Lipinski definition) is 2. The van der Waals surface area contributed by atoms with Gasteiger partial charge in [0.15, 0.2) is 11.6 Å². The van der Waals surface area contributed by atoms with Crippen molar-refractivity contribution in [3.63, 3.8) is 0 Å². The molecule has 0 unspecified atom stereocenters. The molecule has 0 aliphatic heterocycles. The van der Waals surface area contributed by atoms with Crippen molar-refractivity contribution in [1.82, 2.24) is 19.7 Å². The molecule has 2 aromatic heterocycles. The molecule has 8 heteroatoms. The SMILES string of the molecule is CCc1nc(-c2cnn(C)c2CO)ncc1O[C@H]1CCC[C@H](C(=O)O)C1. The maximum absolute atomic E-state index is 11.2. The minimum Gasteiger partial charge on any atom is -0.487 e. The minimum absolute atomic E-state index is 0.129. The van der Waals surface area contributed by atoms with E-state index in [0.717, 1.165) is 18.5 Å². The topological polar surface area (TPSA) is 110 Å². The van der Waals surface area contributed by atoms with Crippen LogP contribution in [0.4, 0.5) is 0 Å². The van der Waals surface area contributed by atoms with Crippen LogP contribution in [0.1, 0.15) is 44.0 Å². The number of aliphatic hydroxyl groups is 1. The number of aromatic nitrogens is 4. The van der Waals surface area contributed by atoms with Crippen LogP contribution >= 0.6 is 0 Å². The van der Waals surface area contributed by atoms with Crippen LogP contribution < -0.4 is 4.74 Å². The van der Waals surface area contributed by atoms with Crippen molar-refractivity contribution >= 4 is 5.97 Å². The van der Waals surface area contributed by atoms with Gasteiger partial charge < -0.3 is 14.9 Å². The number of aryl methyl sites for hydroxylation is 2. The van der Waals surface area contributed by atoms with Gasteiger partial charge in [-0.15, -0.1) is 0 Å². The summed E-state index contributed by atoms with van der Waals surface area (Å²) in [7, 11) is 1.76. The summed E-state index contributed by atoms with van der Waals surface area (Å²) in [4.78, 5) is 20.2. The van der Waals surface area contributed by atoms with Crippen LogP contribution in [-0.4, -0.2) is 42.0 Å². The third kappa shape index (κ3) is 3.70. The van der Waals surface area contributed by atoms with Crippen molar-refractivity contribution in [3.05, 3.63) is 23.8 Å². The van der Waals surface area contributed by atoms with Gasteiger partial charge in [-0.2, -0.15) is 5.10 Å². The van der Waals surface area contributed by atoms with Gasteiger partial charge in [0.2, 0.25) is 0 Å². The molecule has 1 saturated carbocycles. The third-order valence-corrected chi connectivity index (χ3v) is 4.89. The molecule has 140 valence electrons. The Labute approximate surface area is 151 Å². The van der Waals surface area contributed by atoms with Crippen LogP contribution in [-0.2, 0) is 24.9 Å². The van der Waals surface area contributed by atoms with Gasteiger partial charge in [-0.1, -0.05) is 6.92 Å². The van der Waals surface area contributed by atoms with Crippen molar-refractivity contribution in [2.24, 2.45) is 13.0 Å². The number of ether oxygens (including phenoxy) is 1.